The van der Waals surface area contributed by atoms with E-state index in [9.17, 15) is 0 Å². The molecule has 0 amide bonds. The average molecular weight is 283 g/mol. The van der Waals surface area contributed by atoms with Gasteiger partial charge in [0.25, 0.3) is 0 Å². The van der Waals surface area contributed by atoms with Crippen molar-refractivity contribution in [2.45, 2.75) is 12.8 Å². The fourth-order valence-corrected chi connectivity index (χ4v) is 0.236. The second-order valence-corrected chi connectivity index (χ2v) is 1.86. The molecule has 0 aliphatic rings. The first kappa shape index (κ1) is 29.2. The van der Waals surface area contributed by atoms with E-state index in [0.717, 1.165) is 39.0 Å². The van der Waals surface area contributed by atoms with Crippen molar-refractivity contribution in [1.82, 2.24) is 0 Å². The molecule has 13 heavy (non-hydrogen) atoms. The third-order valence-electron chi connectivity index (χ3n) is 0.816. The van der Waals surface area contributed by atoms with Gasteiger partial charge in [-0.2, -0.15) is 0 Å². The zero-order valence-electron chi connectivity index (χ0n) is 7.61. The molecule has 0 aliphatic heterocycles. The van der Waals surface area contributed by atoms with E-state index in [0.29, 0.717) is 0 Å². The van der Waals surface area contributed by atoms with Gasteiger partial charge in [-0.05, 0) is 39.0 Å². The van der Waals surface area contributed by atoms with Gasteiger partial charge in [-0.15, -0.1) is 0 Å². The normalized spacial score (nSPS) is 6.46. The number of hydrogen-bond acceptors (Lipinski definition) is 4. The third-order valence-corrected chi connectivity index (χ3v) is 0.816. The van der Waals surface area contributed by atoms with E-state index in [1.807, 2.05) is 0 Å². The first-order valence-corrected chi connectivity index (χ1v) is 3.63. The summed E-state index contributed by atoms with van der Waals surface area (Å²) in [6.07, 6.45) is 1.89. The van der Waals surface area contributed by atoms with Crippen LogP contribution in [0.25, 0.3) is 0 Å². The fourth-order valence-electron chi connectivity index (χ4n) is 0.236. The molecule has 0 aromatic heterocycles. The molecule has 7 heteroatoms. The number of rotatable bonds is 4. The molecule has 0 fully saturated rings. The number of hydrogen-bond donors (Lipinski definition) is 4. The molecular weight excluding hydrogens is 263 g/mol. The van der Waals surface area contributed by atoms with Crippen LogP contribution in [0.2, 0.25) is 0 Å². The van der Waals surface area contributed by atoms with E-state index in [4.69, 9.17) is 22.9 Å². The minimum atomic E-state index is 0. The van der Waals surface area contributed by atoms with Crippen molar-refractivity contribution < 1.29 is 41.9 Å². The van der Waals surface area contributed by atoms with Gasteiger partial charge in [0.2, 0.25) is 0 Å². The van der Waals surface area contributed by atoms with Crippen LogP contribution in [0.15, 0.2) is 0 Å². The first-order chi connectivity index (χ1) is 4.83. The molecule has 0 saturated carbocycles. The molecule has 8 N–H and O–H groups in total. The minimum Gasteiger partial charge on any atom is -1.00 e. The topological polar surface area (TPSA) is 104 Å². The minimum absolute atomic E-state index is 0. The Morgan fingerprint density at radius 1 is 0.538 bits per heavy atom. The summed E-state index contributed by atoms with van der Waals surface area (Å²) < 4.78 is 0. The molecule has 0 aromatic rings. The van der Waals surface area contributed by atoms with Crippen molar-refractivity contribution in [3.63, 3.8) is 0 Å². The summed E-state index contributed by atoms with van der Waals surface area (Å²) in [6.45, 7) is 2.88. The summed E-state index contributed by atoms with van der Waals surface area (Å²) in [6, 6.07) is 0. The molecule has 0 rings (SSSR count). The Bertz CT molecular complexity index is 43.6. The molecule has 0 saturated heterocycles. The Morgan fingerprint density at radius 2 is 0.692 bits per heavy atom. The van der Waals surface area contributed by atoms with Crippen LogP contribution < -0.4 is 47.7 Å². The maximum Gasteiger partial charge on any atom is 0 e. The van der Waals surface area contributed by atoms with E-state index in [-0.39, 0.29) is 41.9 Å². The molecule has 4 nitrogen and oxygen atoms in total. The SMILES string of the molecule is NCCCN.NCCCN.[Cl-].[Cl-].[Cu]. The molecule has 1 radical (unpaired) electrons. The van der Waals surface area contributed by atoms with Crippen LogP contribution in [0.4, 0.5) is 0 Å². The second-order valence-electron chi connectivity index (χ2n) is 1.86. The summed E-state index contributed by atoms with van der Waals surface area (Å²) in [5.74, 6) is 0. The summed E-state index contributed by atoms with van der Waals surface area (Å²) in [5.41, 5.74) is 20.2. The number of halogens is 2. The van der Waals surface area contributed by atoms with Gasteiger partial charge in [0.05, 0.1) is 0 Å². The molecule has 0 heterocycles. The molecule has 0 aromatic carbocycles. The van der Waals surface area contributed by atoms with Crippen LogP contribution in [-0.2, 0) is 17.1 Å². The Balaban J connectivity index is -0.0000000267. The van der Waals surface area contributed by atoms with Crippen molar-refractivity contribution >= 4 is 0 Å². The number of nitrogens with two attached hydrogens (primary N) is 4. The molecular formula is C6H20Cl2CuN4-2. The van der Waals surface area contributed by atoms with E-state index in [2.05, 4.69) is 0 Å². The monoisotopic (exact) mass is 281 g/mol. The van der Waals surface area contributed by atoms with Crippen LogP contribution in [0.1, 0.15) is 12.8 Å². The quantitative estimate of drug-likeness (QED) is 0.385. The Kier molecular flexibility index (Phi) is 86.0. The first-order valence-electron chi connectivity index (χ1n) is 3.63. The maximum atomic E-state index is 5.06. The van der Waals surface area contributed by atoms with Crippen molar-refractivity contribution in [1.29, 1.82) is 0 Å². The van der Waals surface area contributed by atoms with Crippen LogP contribution in [0.3, 0.4) is 0 Å². The zero-order valence-corrected chi connectivity index (χ0v) is 10.1. The van der Waals surface area contributed by atoms with Crippen LogP contribution in [0.5, 0.6) is 0 Å². The molecule has 0 aliphatic carbocycles. The maximum absolute atomic E-state index is 5.06. The van der Waals surface area contributed by atoms with Crippen LogP contribution in [0, 0.1) is 0 Å². The van der Waals surface area contributed by atoms with Crippen molar-refractivity contribution in [2.24, 2.45) is 22.9 Å². The van der Waals surface area contributed by atoms with Crippen LogP contribution >= 0.6 is 0 Å². The molecule has 91 valence electrons. The van der Waals surface area contributed by atoms with Gasteiger partial charge in [0.15, 0.2) is 0 Å². The van der Waals surface area contributed by atoms with Crippen LogP contribution in [-0.4, -0.2) is 26.2 Å². The molecule has 0 atom stereocenters. The summed E-state index contributed by atoms with van der Waals surface area (Å²) in [5, 5.41) is 0. The Hall–Kier alpha value is 0.939. The summed E-state index contributed by atoms with van der Waals surface area (Å²) >= 11 is 0. The second kappa shape index (κ2) is 38.3. The average Bonchev–Trinajstić information content (AvgIpc) is 1.93. The van der Waals surface area contributed by atoms with E-state index >= 15 is 0 Å². The van der Waals surface area contributed by atoms with Gasteiger partial charge < -0.3 is 47.7 Å². The van der Waals surface area contributed by atoms with Gasteiger partial charge in [0.1, 0.15) is 0 Å². The van der Waals surface area contributed by atoms with Gasteiger partial charge in [-0.25, -0.2) is 0 Å². The molecule has 0 bridgehead atoms. The zero-order chi connectivity index (χ0) is 8.24. The predicted molar refractivity (Wildman–Crippen MR) is 45.5 cm³/mol. The standard InChI is InChI=1S/2C3H10N2.2ClH.Cu/c2*4-2-1-3-5;;;/h2*1-5H2;2*1H;/p-2. The van der Waals surface area contributed by atoms with E-state index in [1.54, 1.807) is 0 Å². The van der Waals surface area contributed by atoms with Crippen molar-refractivity contribution in [3.8, 4) is 0 Å². The summed E-state index contributed by atoms with van der Waals surface area (Å²) in [7, 11) is 0. The molecule has 0 unspecified atom stereocenters. The molecule has 0 spiro atoms. The van der Waals surface area contributed by atoms with Crippen molar-refractivity contribution in [3.05, 3.63) is 0 Å². The van der Waals surface area contributed by atoms with Gasteiger partial charge in [0, 0.05) is 17.1 Å². The fraction of sp³-hybridized carbons (Fsp3) is 1.00. The van der Waals surface area contributed by atoms with E-state index < -0.39 is 0 Å². The smallest absolute Gasteiger partial charge is 0 e. The van der Waals surface area contributed by atoms with Crippen molar-refractivity contribution in [2.75, 3.05) is 26.2 Å². The van der Waals surface area contributed by atoms with Gasteiger partial charge >= 0.3 is 0 Å². The Morgan fingerprint density at radius 3 is 0.692 bits per heavy atom. The summed E-state index contributed by atoms with van der Waals surface area (Å²) in [4.78, 5) is 0. The van der Waals surface area contributed by atoms with Gasteiger partial charge in [-0.1, -0.05) is 0 Å². The van der Waals surface area contributed by atoms with E-state index in [1.165, 1.54) is 0 Å². The Labute approximate surface area is 104 Å². The third kappa shape index (κ3) is 63.5. The van der Waals surface area contributed by atoms with Gasteiger partial charge in [-0.3, -0.25) is 0 Å². The predicted octanol–water partition coefficient (Wildman–Crippen LogP) is -7.41. The largest absolute Gasteiger partial charge is 1.00 e.